The quantitative estimate of drug-likeness (QED) is 0.868. The molecule has 1 rings (SSSR count). The average molecular weight is 251 g/mol. The molecule has 0 saturated carbocycles. The fourth-order valence-electron chi connectivity index (χ4n) is 1.78. The Balaban J connectivity index is 2.75. The van der Waals surface area contributed by atoms with Crippen LogP contribution < -0.4 is 5.32 Å². The second kappa shape index (κ2) is 6.05. The van der Waals surface area contributed by atoms with E-state index in [1.807, 2.05) is 31.2 Å². The van der Waals surface area contributed by atoms with Crippen LogP contribution in [0.2, 0.25) is 5.02 Å². The molecule has 0 aliphatic heterocycles. The molecule has 0 amide bonds. The average Bonchev–Trinajstić information content (AvgIpc) is 2.32. The highest BCUT2D eigenvalue weighted by Gasteiger charge is 2.25. The minimum absolute atomic E-state index is 0.340. The third kappa shape index (κ3) is 4.38. The predicted molar refractivity (Wildman–Crippen MR) is 72.1 cm³/mol. The first-order valence-electron chi connectivity index (χ1n) is 5.92. The molecule has 2 unspecified atom stereocenters. The molecular weight excluding hydrogens is 232 g/mol. The van der Waals surface area contributed by atoms with Crippen LogP contribution in [0.1, 0.15) is 32.8 Å². The number of rotatable bonds is 5. The van der Waals surface area contributed by atoms with Crippen molar-refractivity contribution in [1.82, 2.24) is 5.32 Å². The molecule has 0 aliphatic carbocycles. The molecule has 92 valence electrons. The first kappa shape index (κ1) is 14.0. The van der Waals surface area contributed by atoms with E-state index in [1.165, 1.54) is 0 Å². The zero-order chi connectivity index (χ0) is 12.9. The van der Waals surface area contributed by atoms with Gasteiger partial charge in [-0.3, -0.25) is 5.32 Å². The summed E-state index contributed by atoms with van der Waals surface area (Å²) in [6.07, 6.45) is 1.70. The van der Waals surface area contributed by atoms with Crippen molar-refractivity contribution in [1.29, 1.82) is 5.26 Å². The minimum Gasteiger partial charge on any atom is -0.297 e. The third-order valence-corrected chi connectivity index (χ3v) is 3.15. The number of nitrogens with one attached hydrogen (secondary N) is 1. The smallest absolute Gasteiger partial charge is 0.108 e. The highest BCUT2D eigenvalue weighted by atomic mass is 35.5. The van der Waals surface area contributed by atoms with Crippen molar-refractivity contribution in [2.75, 3.05) is 0 Å². The molecule has 2 nitrogen and oxygen atoms in total. The Morgan fingerprint density at radius 3 is 2.47 bits per heavy atom. The van der Waals surface area contributed by atoms with E-state index in [0.29, 0.717) is 12.5 Å². The lowest BCUT2D eigenvalue weighted by Crippen LogP contribution is -2.47. The van der Waals surface area contributed by atoms with Crippen molar-refractivity contribution >= 4 is 11.6 Å². The molecule has 1 N–H and O–H groups in total. The van der Waals surface area contributed by atoms with Crippen molar-refractivity contribution < 1.29 is 0 Å². The van der Waals surface area contributed by atoms with Gasteiger partial charge in [0.05, 0.1) is 6.07 Å². The summed E-state index contributed by atoms with van der Waals surface area (Å²) in [4.78, 5) is 0. The molecule has 0 aliphatic rings. The summed E-state index contributed by atoms with van der Waals surface area (Å²) in [5.74, 6) is 0. The number of nitrogens with zero attached hydrogens (tertiary/aromatic N) is 1. The molecule has 1 aromatic rings. The summed E-state index contributed by atoms with van der Waals surface area (Å²) in [6, 6.07) is 10.4. The SMILES string of the molecule is CCC(C)NC(C)(C#N)Cc1ccc(Cl)cc1. The van der Waals surface area contributed by atoms with Crippen molar-refractivity contribution in [3.63, 3.8) is 0 Å². The van der Waals surface area contributed by atoms with E-state index in [9.17, 15) is 5.26 Å². The largest absolute Gasteiger partial charge is 0.297 e. The molecule has 0 radical (unpaired) electrons. The van der Waals surface area contributed by atoms with Gasteiger partial charge in [-0.15, -0.1) is 0 Å². The minimum atomic E-state index is -0.525. The van der Waals surface area contributed by atoms with E-state index in [-0.39, 0.29) is 0 Å². The fraction of sp³-hybridized carbons (Fsp3) is 0.500. The predicted octanol–water partition coefficient (Wildman–Crippen LogP) is 3.55. The van der Waals surface area contributed by atoms with Gasteiger partial charge in [0.25, 0.3) is 0 Å². The van der Waals surface area contributed by atoms with E-state index >= 15 is 0 Å². The highest BCUT2D eigenvalue weighted by molar-refractivity contribution is 6.30. The van der Waals surface area contributed by atoms with Gasteiger partial charge in [0, 0.05) is 17.5 Å². The van der Waals surface area contributed by atoms with E-state index in [1.54, 1.807) is 0 Å². The summed E-state index contributed by atoms with van der Waals surface area (Å²) in [5.41, 5.74) is 0.595. The molecular formula is C14H19ClN2. The Kier molecular flexibility index (Phi) is 4.99. The first-order valence-corrected chi connectivity index (χ1v) is 6.30. The van der Waals surface area contributed by atoms with Gasteiger partial charge in [0.15, 0.2) is 0 Å². The second-order valence-corrected chi connectivity index (χ2v) is 5.14. The van der Waals surface area contributed by atoms with Gasteiger partial charge in [-0.25, -0.2) is 0 Å². The summed E-state index contributed by atoms with van der Waals surface area (Å²) in [7, 11) is 0. The van der Waals surface area contributed by atoms with Gasteiger partial charge in [0.1, 0.15) is 5.54 Å². The van der Waals surface area contributed by atoms with Crippen LogP contribution in [0.5, 0.6) is 0 Å². The van der Waals surface area contributed by atoms with Crippen LogP contribution in [0.15, 0.2) is 24.3 Å². The lowest BCUT2D eigenvalue weighted by molar-refractivity contribution is 0.382. The first-order chi connectivity index (χ1) is 7.99. The number of halogens is 1. The second-order valence-electron chi connectivity index (χ2n) is 4.70. The van der Waals surface area contributed by atoms with E-state index < -0.39 is 5.54 Å². The zero-order valence-corrected chi connectivity index (χ0v) is 11.4. The molecule has 3 heteroatoms. The topological polar surface area (TPSA) is 35.8 Å². The van der Waals surface area contributed by atoms with Gasteiger partial charge >= 0.3 is 0 Å². The fourth-order valence-corrected chi connectivity index (χ4v) is 1.91. The van der Waals surface area contributed by atoms with E-state index in [2.05, 4.69) is 25.2 Å². The third-order valence-electron chi connectivity index (χ3n) is 2.90. The van der Waals surface area contributed by atoms with Crippen LogP contribution >= 0.6 is 11.6 Å². The number of hydrogen-bond acceptors (Lipinski definition) is 2. The Hall–Kier alpha value is -1.04. The van der Waals surface area contributed by atoms with Crippen molar-refractivity contribution in [3.05, 3.63) is 34.9 Å². The summed E-state index contributed by atoms with van der Waals surface area (Å²) >= 11 is 5.84. The van der Waals surface area contributed by atoms with Gasteiger partial charge in [-0.2, -0.15) is 5.26 Å². The zero-order valence-electron chi connectivity index (χ0n) is 10.6. The normalized spacial score (nSPS) is 15.9. The number of nitriles is 1. The molecule has 1 aromatic carbocycles. The van der Waals surface area contributed by atoms with Crippen LogP contribution in [0.3, 0.4) is 0 Å². The van der Waals surface area contributed by atoms with Crippen LogP contribution in [0, 0.1) is 11.3 Å². The molecule has 0 aromatic heterocycles. The Morgan fingerprint density at radius 2 is 2.00 bits per heavy atom. The lowest BCUT2D eigenvalue weighted by atomic mass is 9.93. The monoisotopic (exact) mass is 250 g/mol. The van der Waals surface area contributed by atoms with Gasteiger partial charge < -0.3 is 0 Å². The van der Waals surface area contributed by atoms with Crippen LogP contribution in [-0.2, 0) is 6.42 Å². The summed E-state index contributed by atoms with van der Waals surface area (Å²) in [5, 5.41) is 13.4. The van der Waals surface area contributed by atoms with Crippen molar-refractivity contribution in [2.45, 2.75) is 45.2 Å². The maximum atomic E-state index is 9.31. The molecule has 2 atom stereocenters. The number of benzene rings is 1. The Bertz CT molecular complexity index is 394. The van der Waals surface area contributed by atoms with Crippen LogP contribution in [0.4, 0.5) is 0 Å². The Labute approximate surface area is 109 Å². The van der Waals surface area contributed by atoms with Gasteiger partial charge in [0.2, 0.25) is 0 Å². The molecule has 0 spiro atoms. The maximum absolute atomic E-state index is 9.31. The van der Waals surface area contributed by atoms with Gasteiger partial charge in [-0.05, 0) is 38.0 Å². The summed E-state index contributed by atoms with van der Waals surface area (Å²) < 4.78 is 0. The van der Waals surface area contributed by atoms with E-state index in [4.69, 9.17) is 11.6 Å². The lowest BCUT2D eigenvalue weighted by Gasteiger charge is -2.27. The van der Waals surface area contributed by atoms with Crippen LogP contribution in [-0.4, -0.2) is 11.6 Å². The van der Waals surface area contributed by atoms with E-state index in [0.717, 1.165) is 17.0 Å². The molecule has 0 bridgehead atoms. The van der Waals surface area contributed by atoms with Crippen LogP contribution in [0.25, 0.3) is 0 Å². The van der Waals surface area contributed by atoms with Crippen molar-refractivity contribution in [2.24, 2.45) is 0 Å². The molecule has 0 heterocycles. The van der Waals surface area contributed by atoms with Gasteiger partial charge in [-0.1, -0.05) is 30.7 Å². The summed E-state index contributed by atoms with van der Waals surface area (Å²) in [6.45, 7) is 6.14. The maximum Gasteiger partial charge on any atom is 0.108 e. The van der Waals surface area contributed by atoms with Crippen molar-refractivity contribution in [3.8, 4) is 6.07 Å². The highest BCUT2D eigenvalue weighted by Crippen LogP contribution is 2.16. The number of hydrogen-bond donors (Lipinski definition) is 1. The Morgan fingerprint density at radius 1 is 1.41 bits per heavy atom. The standard InChI is InChI=1S/C14H19ClN2/c1-4-11(2)17-14(3,10-16)9-12-5-7-13(15)8-6-12/h5-8,11,17H,4,9H2,1-3H3. The molecule has 0 fully saturated rings. The molecule has 17 heavy (non-hydrogen) atoms. The molecule has 0 saturated heterocycles.